The lowest BCUT2D eigenvalue weighted by atomic mass is 9.85. The summed E-state index contributed by atoms with van der Waals surface area (Å²) in [5, 5.41) is 4.00. The van der Waals surface area contributed by atoms with Gasteiger partial charge >= 0.3 is 0 Å². The maximum absolute atomic E-state index is 13.5. The molecule has 4 heterocycles. The number of hydrogen-bond acceptors (Lipinski definition) is 5. The number of rotatable bonds is 3. The Hall–Kier alpha value is -2.93. The fourth-order valence-corrected chi connectivity index (χ4v) is 5.40. The first kappa shape index (κ1) is 20.9. The highest BCUT2D eigenvalue weighted by molar-refractivity contribution is 5.96. The number of nitrogens with zero attached hydrogens (tertiary/aromatic N) is 5. The summed E-state index contributed by atoms with van der Waals surface area (Å²) in [7, 11) is 0. The van der Waals surface area contributed by atoms with Crippen molar-refractivity contribution in [3.05, 3.63) is 59.4 Å². The molecular formula is C25H31N5O2. The molecule has 1 atom stereocenters. The van der Waals surface area contributed by atoms with Crippen LogP contribution < -0.4 is 0 Å². The molecule has 0 N–H and O–H groups in total. The van der Waals surface area contributed by atoms with Crippen LogP contribution >= 0.6 is 0 Å². The molecule has 5 rings (SSSR count). The van der Waals surface area contributed by atoms with Crippen molar-refractivity contribution in [1.29, 1.82) is 0 Å². The number of aromatic nitrogens is 3. The van der Waals surface area contributed by atoms with Crippen molar-refractivity contribution >= 4 is 5.91 Å². The summed E-state index contributed by atoms with van der Waals surface area (Å²) in [4.78, 5) is 22.9. The molecular weight excluding hydrogens is 402 g/mol. The van der Waals surface area contributed by atoms with Gasteiger partial charge in [0.1, 0.15) is 11.3 Å². The molecule has 0 bridgehead atoms. The average molecular weight is 434 g/mol. The number of imidazole rings is 1. The van der Waals surface area contributed by atoms with Gasteiger partial charge in [-0.25, -0.2) is 4.98 Å². The molecule has 0 radical (unpaired) electrons. The van der Waals surface area contributed by atoms with Crippen molar-refractivity contribution in [3.63, 3.8) is 0 Å². The largest absolute Gasteiger partial charge is 0.361 e. The van der Waals surface area contributed by atoms with Crippen LogP contribution in [0.3, 0.4) is 0 Å². The monoisotopic (exact) mass is 433 g/mol. The van der Waals surface area contributed by atoms with Gasteiger partial charge in [-0.05, 0) is 40.5 Å². The number of aryl methyl sites for hydroxylation is 2. The normalized spacial score (nSPS) is 21.3. The molecule has 1 amide bonds. The molecule has 168 valence electrons. The third-order valence-corrected chi connectivity index (χ3v) is 7.10. The number of hydrogen-bond donors (Lipinski definition) is 0. The van der Waals surface area contributed by atoms with Crippen LogP contribution in [0.15, 0.2) is 41.2 Å². The Morgan fingerprint density at radius 2 is 1.94 bits per heavy atom. The smallest absolute Gasteiger partial charge is 0.259 e. The number of carbonyl (C=O) groups excluding carboxylic acids is 1. The Morgan fingerprint density at radius 3 is 2.62 bits per heavy atom. The lowest BCUT2D eigenvalue weighted by Gasteiger charge is -2.50. The lowest BCUT2D eigenvalue weighted by molar-refractivity contribution is 0.0178. The van der Waals surface area contributed by atoms with Crippen molar-refractivity contribution in [1.82, 2.24) is 24.5 Å². The first-order valence-corrected chi connectivity index (χ1v) is 11.5. The zero-order chi connectivity index (χ0) is 22.5. The summed E-state index contributed by atoms with van der Waals surface area (Å²) in [6.07, 6.45) is 3.98. The minimum Gasteiger partial charge on any atom is -0.361 e. The van der Waals surface area contributed by atoms with Crippen molar-refractivity contribution in [2.24, 2.45) is 0 Å². The maximum Gasteiger partial charge on any atom is 0.259 e. The molecule has 32 heavy (non-hydrogen) atoms. The van der Waals surface area contributed by atoms with Crippen molar-refractivity contribution < 1.29 is 9.32 Å². The number of likely N-dealkylation sites (tertiary alicyclic amines) is 1. The SMILES string of the molecule is Cc1noc(C)c1C(=O)N1CCC[C@@]2(C1)CN(C(C)C)Cc1c(-c3ccccc3)ncn12. The highest BCUT2D eigenvalue weighted by atomic mass is 16.5. The lowest BCUT2D eigenvalue weighted by Crippen LogP contribution is -2.60. The van der Waals surface area contributed by atoms with Crippen molar-refractivity contribution in [2.75, 3.05) is 19.6 Å². The van der Waals surface area contributed by atoms with E-state index >= 15 is 0 Å². The average Bonchev–Trinajstić information content (AvgIpc) is 3.37. The highest BCUT2D eigenvalue weighted by Gasteiger charge is 2.45. The van der Waals surface area contributed by atoms with Gasteiger partial charge in [-0.2, -0.15) is 0 Å². The second kappa shape index (κ2) is 7.89. The van der Waals surface area contributed by atoms with Crippen LogP contribution in [0.5, 0.6) is 0 Å². The molecule has 1 spiro atoms. The summed E-state index contributed by atoms with van der Waals surface area (Å²) >= 11 is 0. The third-order valence-electron chi connectivity index (χ3n) is 7.10. The molecule has 2 aromatic heterocycles. The zero-order valence-electron chi connectivity index (χ0n) is 19.3. The van der Waals surface area contributed by atoms with Gasteiger partial charge in [0.15, 0.2) is 0 Å². The highest BCUT2D eigenvalue weighted by Crippen LogP contribution is 2.39. The third kappa shape index (κ3) is 3.35. The molecule has 1 saturated heterocycles. The standard InChI is InChI=1S/C25H31N5O2/c1-17(2)29-13-21-23(20-9-6-5-7-10-20)26-16-30(21)25(15-29)11-8-12-28(14-25)24(31)22-18(3)27-32-19(22)4/h5-7,9-10,16-17H,8,11-15H2,1-4H3/t25-/m1/s1. The molecule has 7 heteroatoms. The molecule has 0 unspecified atom stereocenters. The van der Waals surface area contributed by atoms with E-state index in [2.05, 4.69) is 52.7 Å². The summed E-state index contributed by atoms with van der Waals surface area (Å²) in [6.45, 7) is 11.3. The summed E-state index contributed by atoms with van der Waals surface area (Å²) in [5.41, 5.74) is 4.50. The predicted octanol–water partition coefficient (Wildman–Crippen LogP) is 4.01. The van der Waals surface area contributed by atoms with E-state index in [1.165, 1.54) is 5.69 Å². The van der Waals surface area contributed by atoms with E-state index < -0.39 is 0 Å². The summed E-state index contributed by atoms with van der Waals surface area (Å²) < 4.78 is 7.66. The first-order chi connectivity index (χ1) is 15.4. The van der Waals surface area contributed by atoms with E-state index in [1.54, 1.807) is 0 Å². The van der Waals surface area contributed by atoms with Crippen LogP contribution in [-0.2, 0) is 12.1 Å². The number of carbonyl (C=O) groups is 1. The van der Waals surface area contributed by atoms with Crippen molar-refractivity contribution in [2.45, 2.75) is 58.7 Å². The van der Waals surface area contributed by atoms with E-state index in [1.807, 2.05) is 31.1 Å². The van der Waals surface area contributed by atoms with Crippen LogP contribution in [0.2, 0.25) is 0 Å². The second-order valence-electron chi connectivity index (χ2n) is 9.53. The summed E-state index contributed by atoms with van der Waals surface area (Å²) in [6, 6.07) is 10.8. The molecule has 1 aromatic carbocycles. The van der Waals surface area contributed by atoms with Gasteiger partial charge in [-0.3, -0.25) is 9.69 Å². The van der Waals surface area contributed by atoms with Gasteiger partial charge < -0.3 is 14.0 Å². The molecule has 2 aliphatic rings. The van der Waals surface area contributed by atoms with Gasteiger partial charge in [-0.15, -0.1) is 0 Å². The Bertz CT molecular complexity index is 1110. The van der Waals surface area contributed by atoms with E-state index in [0.29, 0.717) is 29.6 Å². The predicted molar refractivity (Wildman–Crippen MR) is 122 cm³/mol. The molecule has 3 aromatic rings. The number of amides is 1. The van der Waals surface area contributed by atoms with Crippen LogP contribution in [-0.4, -0.2) is 56.1 Å². The molecule has 2 aliphatic heterocycles. The second-order valence-corrected chi connectivity index (χ2v) is 9.53. The van der Waals surface area contributed by atoms with Gasteiger partial charge in [0.2, 0.25) is 0 Å². The van der Waals surface area contributed by atoms with Crippen molar-refractivity contribution in [3.8, 4) is 11.3 Å². The minimum absolute atomic E-state index is 0.0203. The Balaban J connectivity index is 1.55. The van der Waals surface area contributed by atoms with Gasteiger partial charge in [0, 0.05) is 37.8 Å². The molecule has 1 fully saturated rings. The van der Waals surface area contributed by atoms with Gasteiger partial charge in [0.05, 0.1) is 28.9 Å². The van der Waals surface area contributed by atoms with E-state index in [0.717, 1.165) is 43.7 Å². The molecule has 0 saturated carbocycles. The minimum atomic E-state index is -0.190. The van der Waals surface area contributed by atoms with Crippen LogP contribution in [0.1, 0.15) is 54.2 Å². The van der Waals surface area contributed by atoms with E-state index in [9.17, 15) is 4.79 Å². The molecule has 7 nitrogen and oxygen atoms in total. The first-order valence-electron chi connectivity index (χ1n) is 11.5. The Labute approximate surface area is 189 Å². The topological polar surface area (TPSA) is 67.4 Å². The van der Waals surface area contributed by atoms with E-state index in [-0.39, 0.29) is 11.4 Å². The zero-order valence-corrected chi connectivity index (χ0v) is 19.3. The fourth-order valence-electron chi connectivity index (χ4n) is 5.40. The molecule has 0 aliphatic carbocycles. The van der Waals surface area contributed by atoms with Crippen LogP contribution in [0.4, 0.5) is 0 Å². The van der Waals surface area contributed by atoms with Gasteiger partial charge in [-0.1, -0.05) is 35.5 Å². The quantitative estimate of drug-likeness (QED) is 0.624. The number of fused-ring (bicyclic) bond motifs is 2. The maximum atomic E-state index is 13.5. The fraction of sp³-hybridized carbons (Fsp3) is 0.480. The van der Waals surface area contributed by atoms with E-state index in [4.69, 9.17) is 9.51 Å². The number of benzene rings is 1. The Morgan fingerprint density at radius 1 is 1.16 bits per heavy atom. The Kier molecular flexibility index (Phi) is 5.16. The van der Waals surface area contributed by atoms with Crippen LogP contribution in [0, 0.1) is 13.8 Å². The van der Waals surface area contributed by atoms with Crippen LogP contribution in [0.25, 0.3) is 11.3 Å². The van der Waals surface area contributed by atoms with Gasteiger partial charge in [0.25, 0.3) is 5.91 Å². The number of piperidine rings is 1. The summed E-state index contributed by atoms with van der Waals surface area (Å²) in [5.74, 6) is 0.612.